The molecule has 0 aromatic carbocycles. The number of aliphatic hydroxyl groups excluding tert-OH is 1. The minimum Gasteiger partial charge on any atom is -0.481 e. The van der Waals surface area contributed by atoms with Gasteiger partial charge in [0.05, 0.1) is 12.5 Å². The molecule has 4 nitrogen and oxygen atoms in total. The molecular formula is C22H36O4. The number of carboxylic acids is 1. The van der Waals surface area contributed by atoms with Crippen molar-refractivity contribution < 1.29 is 19.8 Å². The number of allylic oxidation sites excluding steroid dienone is 3. The molecule has 0 aromatic rings. The molecule has 0 saturated heterocycles. The average molecular weight is 365 g/mol. The molecular weight excluding hydrogens is 328 g/mol. The number of rotatable bonds is 13. The van der Waals surface area contributed by atoms with Gasteiger partial charge < -0.3 is 10.2 Å². The van der Waals surface area contributed by atoms with Crippen LogP contribution in [0.5, 0.6) is 0 Å². The molecule has 1 aliphatic rings. The quantitative estimate of drug-likeness (QED) is 0.359. The van der Waals surface area contributed by atoms with Crippen LogP contribution in [-0.4, -0.2) is 28.1 Å². The van der Waals surface area contributed by atoms with E-state index in [-0.39, 0.29) is 35.6 Å². The first-order valence-electron chi connectivity index (χ1n) is 10.0. The lowest BCUT2D eigenvalue weighted by molar-refractivity contribution is -0.139. The Morgan fingerprint density at radius 3 is 2.69 bits per heavy atom. The molecule has 0 aliphatic heterocycles. The van der Waals surface area contributed by atoms with Crippen LogP contribution in [0.3, 0.4) is 0 Å². The van der Waals surface area contributed by atoms with Crippen molar-refractivity contribution in [1.82, 2.24) is 0 Å². The van der Waals surface area contributed by atoms with Gasteiger partial charge in [-0.05, 0) is 37.2 Å². The second-order valence-corrected chi connectivity index (χ2v) is 8.39. The van der Waals surface area contributed by atoms with Crippen LogP contribution in [0.2, 0.25) is 0 Å². The molecule has 4 heteroatoms. The lowest BCUT2D eigenvalue weighted by Crippen LogP contribution is -2.18. The lowest BCUT2D eigenvalue weighted by Gasteiger charge is -2.22. The third-order valence-electron chi connectivity index (χ3n) is 5.22. The Morgan fingerprint density at radius 1 is 1.31 bits per heavy atom. The summed E-state index contributed by atoms with van der Waals surface area (Å²) in [6.45, 7) is 6.09. The van der Waals surface area contributed by atoms with Gasteiger partial charge in [-0.25, -0.2) is 0 Å². The van der Waals surface area contributed by atoms with Gasteiger partial charge in [0.2, 0.25) is 0 Å². The van der Waals surface area contributed by atoms with Gasteiger partial charge in [-0.3, -0.25) is 9.59 Å². The highest BCUT2D eigenvalue weighted by Crippen LogP contribution is 2.32. The Kier molecular flexibility index (Phi) is 9.85. The van der Waals surface area contributed by atoms with Gasteiger partial charge in [0.1, 0.15) is 0 Å². The fourth-order valence-electron chi connectivity index (χ4n) is 3.60. The minimum absolute atomic E-state index is 0.00150. The van der Waals surface area contributed by atoms with Crippen molar-refractivity contribution in [3.63, 3.8) is 0 Å². The molecule has 1 rings (SSSR count). The lowest BCUT2D eigenvalue weighted by atomic mass is 9.82. The summed E-state index contributed by atoms with van der Waals surface area (Å²) in [6.07, 6.45) is 14.8. The normalized spacial score (nSPS) is 21.6. The van der Waals surface area contributed by atoms with Gasteiger partial charge in [0, 0.05) is 11.8 Å². The first-order chi connectivity index (χ1) is 12.2. The molecule has 1 aliphatic carbocycles. The zero-order valence-corrected chi connectivity index (χ0v) is 16.6. The van der Waals surface area contributed by atoms with E-state index < -0.39 is 5.97 Å². The first-order valence-corrected chi connectivity index (χ1v) is 10.0. The fourth-order valence-corrected chi connectivity index (χ4v) is 3.60. The van der Waals surface area contributed by atoms with E-state index in [1.165, 1.54) is 0 Å². The maximum absolute atomic E-state index is 12.1. The largest absolute Gasteiger partial charge is 0.481 e. The molecule has 3 atom stereocenters. The summed E-state index contributed by atoms with van der Waals surface area (Å²) in [5, 5.41) is 18.8. The van der Waals surface area contributed by atoms with E-state index >= 15 is 0 Å². The predicted octanol–water partition coefficient (Wildman–Crippen LogP) is 4.92. The zero-order chi connectivity index (χ0) is 19.6. The van der Waals surface area contributed by atoms with Gasteiger partial charge in [-0.15, -0.1) is 0 Å². The van der Waals surface area contributed by atoms with E-state index in [0.717, 1.165) is 44.9 Å². The van der Waals surface area contributed by atoms with Crippen LogP contribution in [0, 0.1) is 17.3 Å². The number of aliphatic hydroxyl groups is 1. The van der Waals surface area contributed by atoms with Crippen LogP contribution >= 0.6 is 0 Å². The van der Waals surface area contributed by atoms with E-state index in [2.05, 4.69) is 13.0 Å². The molecule has 2 N–H and O–H groups in total. The van der Waals surface area contributed by atoms with Crippen molar-refractivity contribution in [3.05, 3.63) is 24.3 Å². The van der Waals surface area contributed by atoms with Crippen LogP contribution in [0.4, 0.5) is 0 Å². The number of carbonyl (C=O) groups is 2. The Morgan fingerprint density at radius 2 is 2.04 bits per heavy atom. The van der Waals surface area contributed by atoms with E-state index in [1.807, 2.05) is 26.0 Å². The summed E-state index contributed by atoms with van der Waals surface area (Å²) in [5.74, 6) is -0.429. The average Bonchev–Trinajstić information content (AvgIpc) is 2.88. The van der Waals surface area contributed by atoms with E-state index in [9.17, 15) is 14.7 Å². The summed E-state index contributed by atoms with van der Waals surface area (Å²) in [6, 6.07) is 0. The van der Waals surface area contributed by atoms with Crippen LogP contribution in [0.1, 0.15) is 78.6 Å². The summed E-state index contributed by atoms with van der Waals surface area (Å²) >= 11 is 0. The van der Waals surface area contributed by atoms with Crippen molar-refractivity contribution in [2.75, 3.05) is 0 Å². The number of hydrogen-bond donors (Lipinski definition) is 2. The molecule has 0 fully saturated rings. The van der Waals surface area contributed by atoms with Gasteiger partial charge in [-0.2, -0.15) is 0 Å². The molecule has 0 saturated carbocycles. The van der Waals surface area contributed by atoms with Crippen molar-refractivity contribution in [1.29, 1.82) is 0 Å². The fraction of sp³-hybridized carbons (Fsp3) is 0.727. The SMILES string of the molecule is CCCCC(O)C/C=C/[C@H]1C=CC(=O)[C@@H]1CCCCC(C)(C)CC(=O)O. The monoisotopic (exact) mass is 364 g/mol. The minimum atomic E-state index is -0.753. The second kappa shape index (κ2) is 11.3. The van der Waals surface area contributed by atoms with Crippen molar-refractivity contribution >= 4 is 11.8 Å². The standard InChI is InChI=1S/C22H36O4/c1-4-5-10-18(23)11-8-9-17-13-14-20(24)19(17)12-6-7-15-22(2,3)16-21(25)26/h8-9,13-14,17-19,23H,4-7,10-12,15-16H2,1-3H3,(H,25,26)/b9-8+/t17-,18?,19+/m0/s1. The molecule has 0 spiro atoms. The summed E-state index contributed by atoms with van der Waals surface area (Å²) in [7, 11) is 0. The molecule has 0 aromatic heterocycles. The molecule has 0 bridgehead atoms. The third-order valence-corrected chi connectivity index (χ3v) is 5.22. The smallest absolute Gasteiger partial charge is 0.303 e. The molecule has 0 amide bonds. The highest BCUT2D eigenvalue weighted by Gasteiger charge is 2.28. The van der Waals surface area contributed by atoms with Crippen LogP contribution < -0.4 is 0 Å². The zero-order valence-electron chi connectivity index (χ0n) is 16.6. The van der Waals surface area contributed by atoms with E-state index in [4.69, 9.17) is 5.11 Å². The first kappa shape index (κ1) is 22.6. The second-order valence-electron chi connectivity index (χ2n) is 8.39. The van der Waals surface area contributed by atoms with Crippen LogP contribution in [-0.2, 0) is 9.59 Å². The van der Waals surface area contributed by atoms with E-state index in [0.29, 0.717) is 6.42 Å². The summed E-state index contributed by atoms with van der Waals surface area (Å²) in [4.78, 5) is 23.0. The van der Waals surface area contributed by atoms with Crippen molar-refractivity contribution in [2.45, 2.75) is 84.7 Å². The van der Waals surface area contributed by atoms with Gasteiger partial charge in [0.15, 0.2) is 5.78 Å². The number of hydrogen-bond acceptors (Lipinski definition) is 3. The van der Waals surface area contributed by atoms with Crippen LogP contribution in [0.25, 0.3) is 0 Å². The Bertz CT molecular complexity index is 504. The number of carboxylic acid groups (broad SMARTS) is 1. The Labute approximate surface area is 158 Å². The number of carbonyl (C=O) groups excluding carboxylic acids is 1. The Hall–Kier alpha value is -1.42. The number of ketones is 1. The summed E-state index contributed by atoms with van der Waals surface area (Å²) < 4.78 is 0. The summed E-state index contributed by atoms with van der Waals surface area (Å²) in [5.41, 5.74) is -0.197. The van der Waals surface area contributed by atoms with E-state index in [1.54, 1.807) is 6.08 Å². The van der Waals surface area contributed by atoms with Crippen molar-refractivity contribution in [3.8, 4) is 0 Å². The van der Waals surface area contributed by atoms with Gasteiger partial charge >= 0.3 is 5.97 Å². The van der Waals surface area contributed by atoms with Crippen molar-refractivity contribution in [2.24, 2.45) is 17.3 Å². The Balaban J connectivity index is 2.37. The predicted molar refractivity (Wildman–Crippen MR) is 105 cm³/mol. The number of aliphatic carboxylic acids is 1. The molecule has 26 heavy (non-hydrogen) atoms. The highest BCUT2D eigenvalue weighted by atomic mass is 16.4. The molecule has 1 unspecified atom stereocenters. The maximum atomic E-state index is 12.1. The highest BCUT2D eigenvalue weighted by molar-refractivity contribution is 5.94. The molecule has 148 valence electrons. The van der Waals surface area contributed by atoms with Gasteiger partial charge in [-0.1, -0.05) is 64.7 Å². The molecule has 0 radical (unpaired) electrons. The molecule has 0 heterocycles. The maximum Gasteiger partial charge on any atom is 0.303 e. The topological polar surface area (TPSA) is 74.6 Å². The third kappa shape index (κ3) is 8.79. The number of unbranched alkanes of at least 4 members (excludes halogenated alkanes) is 2. The van der Waals surface area contributed by atoms with Gasteiger partial charge in [0.25, 0.3) is 0 Å². The van der Waals surface area contributed by atoms with Crippen LogP contribution in [0.15, 0.2) is 24.3 Å².